The third-order valence-electron chi connectivity index (χ3n) is 8.69. The standard InChI is InChI=1S/C34H28Cl2F6N2O9/c1-17(45)19(3)51-29-27(35)25(13-15-31(29,43(47)48)21-9-5-7-11-23(21)33(37,38)39)53-26-14-16-32(44(49)50,30(28(26)36)52-20(4)18(2)46)22-10-6-8-12-24(22)34(40,41)42/h5-16,19-20,29-30H,1-4H3. The molecular formula is C34H28Cl2F6N2O9. The molecule has 0 radical (unpaired) electrons. The minimum Gasteiger partial charge on any atom is -0.455 e. The molecule has 2 aromatic rings. The first kappa shape index (κ1) is 41.2. The fraction of sp³-hybridized carbons (Fsp3) is 0.353. The molecule has 0 heterocycles. The van der Waals surface area contributed by atoms with Gasteiger partial charge in [0.05, 0.1) is 21.2 Å². The summed E-state index contributed by atoms with van der Waals surface area (Å²) in [6, 6.07) is 7.08. The number of hydrogen-bond donors (Lipinski definition) is 0. The Morgan fingerprint density at radius 2 is 1.02 bits per heavy atom. The molecule has 19 heteroatoms. The second kappa shape index (κ2) is 15.0. The van der Waals surface area contributed by atoms with Crippen LogP contribution in [0.1, 0.15) is 49.9 Å². The fourth-order valence-corrected chi connectivity index (χ4v) is 6.36. The molecule has 2 aliphatic rings. The highest BCUT2D eigenvalue weighted by Crippen LogP contribution is 2.50. The normalized spacial score (nSPS) is 24.5. The number of halogens is 8. The van der Waals surface area contributed by atoms with Gasteiger partial charge in [-0.1, -0.05) is 59.6 Å². The molecule has 0 N–H and O–H groups in total. The number of ether oxygens (including phenoxy) is 3. The van der Waals surface area contributed by atoms with Gasteiger partial charge in [0.15, 0.2) is 23.8 Å². The van der Waals surface area contributed by atoms with Gasteiger partial charge in [0.2, 0.25) is 0 Å². The number of alkyl halides is 6. The lowest BCUT2D eigenvalue weighted by molar-refractivity contribution is -0.576. The molecule has 6 atom stereocenters. The largest absolute Gasteiger partial charge is 0.455 e. The molecular weight excluding hydrogens is 765 g/mol. The second-order valence-electron chi connectivity index (χ2n) is 12.0. The van der Waals surface area contributed by atoms with E-state index in [4.69, 9.17) is 37.4 Å². The minimum atomic E-state index is -5.11. The van der Waals surface area contributed by atoms with Crippen molar-refractivity contribution >= 4 is 34.8 Å². The van der Waals surface area contributed by atoms with Crippen LogP contribution in [0.4, 0.5) is 26.3 Å². The van der Waals surface area contributed by atoms with Crippen LogP contribution in [0.15, 0.2) is 94.4 Å². The second-order valence-corrected chi connectivity index (χ2v) is 12.8. The van der Waals surface area contributed by atoms with E-state index >= 15 is 0 Å². The Balaban J connectivity index is 1.95. The van der Waals surface area contributed by atoms with Crippen molar-refractivity contribution in [2.45, 2.75) is 75.5 Å². The van der Waals surface area contributed by atoms with Crippen LogP contribution in [0.2, 0.25) is 0 Å². The Morgan fingerprint density at radius 1 is 0.698 bits per heavy atom. The van der Waals surface area contributed by atoms with Gasteiger partial charge in [-0.15, -0.1) is 0 Å². The highest BCUT2D eigenvalue weighted by atomic mass is 35.5. The van der Waals surface area contributed by atoms with Crippen LogP contribution >= 0.6 is 23.2 Å². The monoisotopic (exact) mass is 792 g/mol. The summed E-state index contributed by atoms with van der Waals surface area (Å²) in [7, 11) is 0. The molecule has 0 aliphatic heterocycles. The SMILES string of the molecule is CC(=O)C(C)OC1C(Cl)=C(OC2=C(Cl)C(OC(C)C(C)=O)C(c3ccccc3C(F)(F)F)([N+](=O)[O-])C=C2)C=CC1(c1ccccc1C(F)(F)F)[N+](=O)[O-]. The molecule has 0 saturated heterocycles. The summed E-state index contributed by atoms with van der Waals surface area (Å²) in [5.41, 5.74) is -10.5. The lowest BCUT2D eigenvalue weighted by atomic mass is 9.78. The summed E-state index contributed by atoms with van der Waals surface area (Å²) in [6.45, 7) is 4.44. The van der Waals surface area contributed by atoms with E-state index in [0.717, 1.165) is 62.4 Å². The van der Waals surface area contributed by atoms with E-state index in [1.165, 1.54) is 13.8 Å². The van der Waals surface area contributed by atoms with E-state index in [2.05, 4.69) is 0 Å². The summed E-state index contributed by atoms with van der Waals surface area (Å²) >= 11 is 13.3. The van der Waals surface area contributed by atoms with Crippen molar-refractivity contribution in [3.63, 3.8) is 0 Å². The molecule has 0 fully saturated rings. The zero-order chi connectivity index (χ0) is 39.8. The number of nitro groups is 2. The maximum atomic E-state index is 14.2. The highest BCUT2D eigenvalue weighted by molar-refractivity contribution is 6.31. The molecule has 4 rings (SSSR count). The molecule has 284 valence electrons. The lowest BCUT2D eigenvalue weighted by Gasteiger charge is -2.37. The summed E-state index contributed by atoms with van der Waals surface area (Å²) in [5, 5.41) is 24.2. The van der Waals surface area contributed by atoms with Gasteiger partial charge in [-0.25, -0.2) is 0 Å². The Hall–Kier alpha value is -4.58. The van der Waals surface area contributed by atoms with Crippen LogP contribution in [-0.4, -0.2) is 45.8 Å². The van der Waals surface area contributed by atoms with Gasteiger partial charge >= 0.3 is 12.4 Å². The predicted octanol–water partition coefficient (Wildman–Crippen LogP) is 8.15. The van der Waals surface area contributed by atoms with Crippen molar-refractivity contribution in [1.29, 1.82) is 0 Å². The average Bonchev–Trinajstić information content (AvgIpc) is 3.07. The molecule has 11 nitrogen and oxygen atoms in total. The summed E-state index contributed by atoms with van der Waals surface area (Å²) in [6.07, 6.45) is -14.6. The van der Waals surface area contributed by atoms with Crippen molar-refractivity contribution < 1.29 is 60.0 Å². The maximum Gasteiger partial charge on any atom is 0.416 e. The van der Waals surface area contributed by atoms with Gasteiger partial charge in [-0.3, -0.25) is 29.8 Å². The fourth-order valence-electron chi connectivity index (χ4n) is 5.73. The van der Waals surface area contributed by atoms with Gasteiger partial charge in [-0.05, 0) is 52.0 Å². The Morgan fingerprint density at radius 3 is 1.30 bits per heavy atom. The zero-order valence-corrected chi connectivity index (χ0v) is 29.3. The molecule has 0 bridgehead atoms. The first-order chi connectivity index (χ1) is 24.5. The average molecular weight is 793 g/mol. The molecule has 0 aromatic heterocycles. The van der Waals surface area contributed by atoms with Gasteiger partial charge < -0.3 is 14.2 Å². The molecule has 0 amide bonds. The number of rotatable bonds is 12. The molecule has 2 aliphatic carbocycles. The number of nitrogens with zero attached hydrogens (tertiary/aromatic N) is 2. The quantitative estimate of drug-likeness (QED) is 0.118. The summed E-state index contributed by atoms with van der Waals surface area (Å²) < 4.78 is 102. The molecule has 0 saturated carbocycles. The van der Waals surface area contributed by atoms with Gasteiger partial charge in [-0.2, -0.15) is 26.3 Å². The number of allylic oxidation sites excluding steroid dienone is 2. The first-order valence-corrected chi connectivity index (χ1v) is 16.1. The molecule has 6 unspecified atom stereocenters. The molecule has 2 aromatic carbocycles. The smallest absolute Gasteiger partial charge is 0.416 e. The van der Waals surface area contributed by atoms with Crippen LogP contribution in [0.5, 0.6) is 0 Å². The van der Waals surface area contributed by atoms with Crippen LogP contribution in [-0.2, 0) is 47.2 Å². The summed E-state index contributed by atoms with van der Waals surface area (Å²) in [4.78, 5) is 48.0. The van der Waals surface area contributed by atoms with Crippen molar-refractivity contribution in [2.75, 3.05) is 0 Å². The van der Waals surface area contributed by atoms with E-state index in [1.54, 1.807) is 0 Å². The van der Waals surface area contributed by atoms with E-state index in [1.807, 2.05) is 0 Å². The topological polar surface area (TPSA) is 148 Å². The minimum absolute atomic E-state index is 0.574. The molecule has 53 heavy (non-hydrogen) atoms. The first-order valence-electron chi connectivity index (χ1n) is 15.3. The van der Waals surface area contributed by atoms with Gasteiger partial charge in [0, 0.05) is 33.1 Å². The van der Waals surface area contributed by atoms with Crippen molar-refractivity contribution in [1.82, 2.24) is 0 Å². The Bertz CT molecular complexity index is 1820. The van der Waals surface area contributed by atoms with Crippen LogP contribution in [0, 0.1) is 20.2 Å². The number of hydrogen-bond acceptors (Lipinski definition) is 9. The maximum absolute atomic E-state index is 14.2. The predicted molar refractivity (Wildman–Crippen MR) is 175 cm³/mol. The van der Waals surface area contributed by atoms with Crippen LogP contribution in [0.25, 0.3) is 0 Å². The zero-order valence-electron chi connectivity index (χ0n) is 27.8. The van der Waals surface area contributed by atoms with Gasteiger partial charge in [0.25, 0.3) is 11.1 Å². The number of carbonyl (C=O) groups is 2. The number of ketones is 2. The Kier molecular flexibility index (Phi) is 11.7. The van der Waals surface area contributed by atoms with E-state index in [-0.39, 0.29) is 0 Å². The van der Waals surface area contributed by atoms with Crippen molar-refractivity contribution in [3.05, 3.63) is 137 Å². The molecule has 0 spiro atoms. The van der Waals surface area contributed by atoms with Crippen molar-refractivity contribution in [3.8, 4) is 0 Å². The number of benzene rings is 2. The highest BCUT2D eigenvalue weighted by Gasteiger charge is 2.61. The third kappa shape index (κ3) is 7.60. The number of carbonyl (C=O) groups excluding carboxylic acids is 2. The van der Waals surface area contributed by atoms with Crippen molar-refractivity contribution in [2.24, 2.45) is 0 Å². The van der Waals surface area contributed by atoms with Gasteiger partial charge in [0.1, 0.15) is 23.7 Å². The van der Waals surface area contributed by atoms with Crippen LogP contribution < -0.4 is 0 Å². The third-order valence-corrected chi connectivity index (χ3v) is 9.45. The van der Waals surface area contributed by atoms with E-state index in [9.17, 15) is 56.2 Å². The lowest BCUT2D eigenvalue weighted by Crippen LogP contribution is -2.51. The summed E-state index contributed by atoms with van der Waals surface area (Å²) in [5.74, 6) is -2.53. The Labute approximate surface area is 306 Å². The van der Waals surface area contributed by atoms with E-state index < -0.39 is 113 Å². The van der Waals surface area contributed by atoms with E-state index in [0.29, 0.717) is 24.3 Å². The number of Topliss-reactive ketones (excluding diaryl/α,β-unsaturated/α-hetero) is 2. The van der Waals surface area contributed by atoms with Crippen LogP contribution in [0.3, 0.4) is 0 Å².